The number of hydrogen-bond donors (Lipinski definition) is 1. The van der Waals surface area contributed by atoms with Crippen molar-refractivity contribution in [1.29, 1.82) is 0 Å². The molecule has 1 aliphatic carbocycles. The normalized spacial score (nSPS) is 22.9. The van der Waals surface area contributed by atoms with Crippen LogP contribution in [0.15, 0.2) is 23.1 Å². The SMILES string of the molecule is COc1ccc2c(c1)S(=O)(=O)C1(CCCCC1)C(=O)N2. The van der Waals surface area contributed by atoms with E-state index in [0.29, 0.717) is 24.3 Å². The topological polar surface area (TPSA) is 72.5 Å². The zero-order valence-electron chi connectivity index (χ0n) is 11.3. The van der Waals surface area contributed by atoms with Crippen LogP contribution in [0.2, 0.25) is 0 Å². The highest BCUT2D eigenvalue weighted by Crippen LogP contribution is 2.45. The maximum absolute atomic E-state index is 12.9. The summed E-state index contributed by atoms with van der Waals surface area (Å²) < 4.78 is 29.7. The number of amides is 1. The van der Waals surface area contributed by atoms with Crippen molar-refractivity contribution in [3.05, 3.63) is 18.2 Å². The predicted molar refractivity (Wildman–Crippen MR) is 74.6 cm³/mol. The number of rotatable bonds is 1. The Morgan fingerprint density at radius 3 is 2.55 bits per heavy atom. The standard InChI is InChI=1S/C14H17NO4S/c1-19-10-5-6-11-12(9-10)20(17,18)14(13(16)15-11)7-3-2-4-8-14/h5-6,9H,2-4,7-8H2,1H3,(H,15,16). The summed E-state index contributed by atoms with van der Waals surface area (Å²) >= 11 is 0. The fraction of sp³-hybridized carbons (Fsp3) is 0.500. The molecule has 1 saturated carbocycles. The van der Waals surface area contributed by atoms with Crippen LogP contribution in [0.1, 0.15) is 32.1 Å². The van der Waals surface area contributed by atoms with Crippen molar-refractivity contribution in [2.45, 2.75) is 41.7 Å². The molecule has 5 nitrogen and oxygen atoms in total. The van der Waals surface area contributed by atoms with Gasteiger partial charge in [0.25, 0.3) is 0 Å². The molecule has 1 spiro atoms. The Morgan fingerprint density at radius 2 is 1.90 bits per heavy atom. The van der Waals surface area contributed by atoms with Crippen LogP contribution in [0.3, 0.4) is 0 Å². The van der Waals surface area contributed by atoms with Gasteiger partial charge >= 0.3 is 0 Å². The van der Waals surface area contributed by atoms with E-state index in [4.69, 9.17) is 4.74 Å². The van der Waals surface area contributed by atoms with E-state index >= 15 is 0 Å². The van der Waals surface area contributed by atoms with Gasteiger partial charge < -0.3 is 10.1 Å². The number of fused-ring (bicyclic) bond motifs is 1. The molecule has 1 aromatic rings. The Kier molecular flexibility index (Phi) is 3.01. The van der Waals surface area contributed by atoms with Crippen LogP contribution in [0.25, 0.3) is 0 Å². The molecular weight excluding hydrogens is 278 g/mol. The second kappa shape index (κ2) is 4.48. The van der Waals surface area contributed by atoms with Gasteiger partial charge in [0.1, 0.15) is 5.75 Å². The van der Waals surface area contributed by atoms with E-state index < -0.39 is 14.6 Å². The Bertz CT molecular complexity index is 660. The summed E-state index contributed by atoms with van der Waals surface area (Å²) in [6.07, 6.45) is 3.32. The minimum Gasteiger partial charge on any atom is -0.497 e. The lowest BCUT2D eigenvalue weighted by Crippen LogP contribution is -2.53. The van der Waals surface area contributed by atoms with E-state index in [1.165, 1.54) is 13.2 Å². The van der Waals surface area contributed by atoms with Gasteiger partial charge in [0.2, 0.25) is 5.91 Å². The number of carbonyl (C=O) groups is 1. The van der Waals surface area contributed by atoms with Gasteiger partial charge in [0.15, 0.2) is 14.6 Å². The van der Waals surface area contributed by atoms with Crippen molar-refractivity contribution >= 4 is 21.4 Å². The van der Waals surface area contributed by atoms with Crippen molar-refractivity contribution in [2.75, 3.05) is 12.4 Å². The third-order valence-electron chi connectivity index (χ3n) is 4.32. The quantitative estimate of drug-likeness (QED) is 0.861. The summed E-state index contributed by atoms with van der Waals surface area (Å²) in [6.45, 7) is 0. The van der Waals surface area contributed by atoms with Gasteiger partial charge in [-0.3, -0.25) is 4.79 Å². The van der Waals surface area contributed by atoms with Crippen LogP contribution in [0, 0.1) is 0 Å². The smallest absolute Gasteiger partial charge is 0.246 e. The maximum Gasteiger partial charge on any atom is 0.246 e. The lowest BCUT2D eigenvalue weighted by Gasteiger charge is -2.38. The van der Waals surface area contributed by atoms with Crippen molar-refractivity contribution in [3.8, 4) is 5.75 Å². The first kappa shape index (κ1) is 13.4. The minimum absolute atomic E-state index is 0.179. The summed E-state index contributed by atoms with van der Waals surface area (Å²) in [5.41, 5.74) is 0.354. The Labute approximate surface area is 118 Å². The first-order chi connectivity index (χ1) is 9.51. The molecule has 1 fully saturated rings. The highest BCUT2D eigenvalue weighted by atomic mass is 32.2. The van der Waals surface area contributed by atoms with Crippen LogP contribution < -0.4 is 10.1 Å². The number of hydrogen-bond acceptors (Lipinski definition) is 4. The molecule has 1 N–H and O–H groups in total. The maximum atomic E-state index is 12.9. The third-order valence-corrected chi connectivity index (χ3v) is 6.86. The van der Waals surface area contributed by atoms with Crippen molar-refractivity contribution in [3.63, 3.8) is 0 Å². The van der Waals surface area contributed by atoms with E-state index in [9.17, 15) is 13.2 Å². The average Bonchev–Trinajstić information content (AvgIpc) is 2.46. The molecular formula is C14H17NO4S. The number of anilines is 1. The molecule has 0 saturated heterocycles. The minimum atomic E-state index is -3.68. The Balaban J connectivity index is 2.20. The zero-order valence-corrected chi connectivity index (χ0v) is 12.1. The lowest BCUT2D eigenvalue weighted by molar-refractivity contribution is -0.119. The molecule has 20 heavy (non-hydrogen) atoms. The Morgan fingerprint density at radius 1 is 1.20 bits per heavy atom. The molecule has 0 unspecified atom stereocenters. The highest BCUT2D eigenvalue weighted by molar-refractivity contribution is 7.94. The van der Waals surface area contributed by atoms with Crippen molar-refractivity contribution < 1.29 is 17.9 Å². The summed E-state index contributed by atoms with van der Waals surface area (Å²) in [6, 6.07) is 4.73. The van der Waals surface area contributed by atoms with Gasteiger partial charge in [0, 0.05) is 6.07 Å². The molecule has 6 heteroatoms. The van der Waals surface area contributed by atoms with E-state index in [1.807, 2.05) is 0 Å². The molecule has 0 bridgehead atoms. The van der Waals surface area contributed by atoms with Crippen molar-refractivity contribution in [2.24, 2.45) is 0 Å². The fourth-order valence-corrected chi connectivity index (χ4v) is 5.36. The van der Waals surface area contributed by atoms with Gasteiger partial charge in [-0.15, -0.1) is 0 Å². The average molecular weight is 295 g/mol. The monoisotopic (exact) mass is 295 g/mol. The van der Waals surface area contributed by atoms with Crippen molar-refractivity contribution in [1.82, 2.24) is 0 Å². The summed E-state index contributed by atoms with van der Waals surface area (Å²) in [5.74, 6) is 0.101. The number of nitrogens with one attached hydrogen (secondary N) is 1. The lowest BCUT2D eigenvalue weighted by atomic mass is 9.87. The number of methoxy groups -OCH3 is 1. The predicted octanol–water partition coefficient (Wildman–Crippen LogP) is 2.12. The van der Waals surface area contributed by atoms with Crippen LogP contribution in [0.5, 0.6) is 5.75 Å². The summed E-state index contributed by atoms with van der Waals surface area (Å²) in [7, 11) is -2.19. The van der Waals surface area contributed by atoms with E-state index in [1.54, 1.807) is 12.1 Å². The first-order valence-electron chi connectivity index (χ1n) is 6.75. The summed E-state index contributed by atoms with van der Waals surface area (Å²) in [4.78, 5) is 12.6. The van der Waals surface area contributed by atoms with E-state index in [0.717, 1.165) is 19.3 Å². The first-order valence-corrected chi connectivity index (χ1v) is 8.24. The van der Waals surface area contributed by atoms with E-state index in [2.05, 4.69) is 5.32 Å². The molecule has 3 rings (SSSR count). The molecule has 1 heterocycles. The number of ether oxygens (including phenoxy) is 1. The molecule has 1 aromatic carbocycles. The Hall–Kier alpha value is -1.56. The van der Waals surface area contributed by atoms with Gasteiger partial charge in [0.05, 0.1) is 17.7 Å². The third kappa shape index (κ3) is 1.67. The summed E-state index contributed by atoms with van der Waals surface area (Å²) in [5, 5.41) is 2.75. The van der Waals surface area contributed by atoms with Crippen LogP contribution >= 0.6 is 0 Å². The van der Waals surface area contributed by atoms with E-state index in [-0.39, 0.29) is 10.8 Å². The van der Waals surface area contributed by atoms with Crippen LogP contribution in [-0.2, 0) is 14.6 Å². The highest BCUT2D eigenvalue weighted by Gasteiger charge is 2.55. The molecule has 0 radical (unpaired) electrons. The van der Waals surface area contributed by atoms with Gasteiger partial charge in [-0.1, -0.05) is 19.3 Å². The fourth-order valence-electron chi connectivity index (χ4n) is 3.14. The number of carbonyl (C=O) groups excluding carboxylic acids is 1. The zero-order chi connectivity index (χ0) is 14.4. The molecule has 0 atom stereocenters. The largest absolute Gasteiger partial charge is 0.497 e. The molecule has 108 valence electrons. The number of sulfone groups is 1. The second-order valence-electron chi connectivity index (χ2n) is 5.37. The molecule has 1 amide bonds. The van der Waals surface area contributed by atoms with Gasteiger partial charge in [-0.25, -0.2) is 8.42 Å². The second-order valence-corrected chi connectivity index (χ2v) is 7.60. The van der Waals surface area contributed by atoms with Crippen LogP contribution in [-0.4, -0.2) is 26.2 Å². The molecule has 0 aromatic heterocycles. The number of benzene rings is 1. The van der Waals surface area contributed by atoms with Gasteiger partial charge in [-0.05, 0) is 25.0 Å². The molecule has 2 aliphatic rings. The molecule has 1 aliphatic heterocycles. The van der Waals surface area contributed by atoms with Gasteiger partial charge in [-0.2, -0.15) is 0 Å². The van der Waals surface area contributed by atoms with Crippen LogP contribution in [0.4, 0.5) is 5.69 Å².